The summed E-state index contributed by atoms with van der Waals surface area (Å²) in [5.74, 6) is -3.42. The van der Waals surface area contributed by atoms with Crippen molar-refractivity contribution in [2.24, 2.45) is 5.92 Å². The molecule has 0 spiro atoms. The molecule has 2 aromatic rings. The topological polar surface area (TPSA) is 142 Å². The van der Waals surface area contributed by atoms with Crippen molar-refractivity contribution in [3.05, 3.63) is 71.8 Å². The maximum Gasteiger partial charge on any atom is 0.289 e. The molecule has 3 N–H and O–H groups in total. The number of sulfonamides is 1. The smallest absolute Gasteiger partial charge is 0.289 e. The van der Waals surface area contributed by atoms with Crippen molar-refractivity contribution in [1.82, 2.24) is 20.3 Å². The largest absolute Gasteiger partial charge is 0.356 e. The lowest BCUT2D eigenvalue weighted by Crippen LogP contribution is -2.54. The molecule has 2 aromatic carbocycles. The summed E-state index contributed by atoms with van der Waals surface area (Å²) in [6.07, 6.45) is 1.22. The number of ketones is 1. The highest BCUT2D eigenvalue weighted by Crippen LogP contribution is 2.25. The molecule has 38 heavy (non-hydrogen) atoms. The van der Waals surface area contributed by atoms with Gasteiger partial charge < -0.3 is 16.0 Å². The Morgan fingerprint density at radius 1 is 0.974 bits per heavy atom. The summed E-state index contributed by atoms with van der Waals surface area (Å²) in [5, 5.41) is 7.88. The SMILES string of the molecule is O=C(NCc1ccccc1)C(=O)[C@H](C[C@@H]1CCNC1=O)NC(=O)[C@@H]1CCCN1S(=O)(=O)Cc1ccccc1. The molecule has 11 heteroatoms. The quantitative estimate of drug-likeness (QED) is 0.361. The summed E-state index contributed by atoms with van der Waals surface area (Å²) in [4.78, 5) is 51.4. The van der Waals surface area contributed by atoms with Gasteiger partial charge in [0.1, 0.15) is 6.04 Å². The first-order valence-corrected chi connectivity index (χ1v) is 14.3. The number of amides is 3. The van der Waals surface area contributed by atoms with Gasteiger partial charge in [-0.2, -0.15) is 4.31 Å². The number of carbonyl (C=O) groups excluding carboxylic acids is 4. The zero-order valence-corrected chi connectivity index (χ0v) is 21.8. The first kappa shape index (κ1) is 27.5. The van der Waals surface area contributed by atoms with Gasteiger partial charge in [0.05, 0.1) is 11.8 Å². The molecule has 2 aliphatic heterocycles. The van der Waals surface area contributed by atoms with Crippen molar-refractivity contribution in [2.45, 2.75) is 50.1 Å². The molecule has 10 nitrogen and oxygen atoms in total. The lowest BCUT2D eigenvalue weighted by Gasteiger charge is -2.26. The van der Waals surface area contributed by atoms with Crippen LogP contribution in [0.25, 0.3) is 0 Å². The van der Waals surface area contributed by atoms with E-state index in [2.05, 4.69) is 16.0 Å². The average Bonchev–Trinajstić information content (AvgIpc) is 3.57. The fraction of sp³-hybridized carbons (Fsp3) is 0.407. The van der Waals surface area contributed by atoms with Crippen LogP contribution in [0.1, 0.15) is 36.8 Å². The molecule has 3 amide bonds. The van der Waals surface area contributed by atoms with Crippen LogP contribution in [0.3, 0.4) is 0 Å². The van der Waals surface area contributed by atoms with E-state index in [4.69, 9.17) is 0 Å². The number of benzene rings is 2. The second-order valence-electron chi connectivity index (χ2n) is 9.62. The van der Waals surface area contributed by atoms with Crippen molar-refractivity contribution in [1.29, 1.82) is 0 Å². The molecule has 0 saturated carbocycles. The van der Waals surface area contributed by atoms with Gasteiger partial charge in [0.2, 0.25) is 27.6 Å². The fourth-order valence-corrected chi connectivity index (χ4v) is 6.66. The van der Waals surface area contributed by atoms with E-state index in [1.807, 2.05) is 18.2 Å². The second kappa shape index (κ2) is 12.3. The molecule has 2 aliphatic rings. The number of carbonyl (C=O) groups is 4. The van der Waals surface area contributed by atoms with Crippen molar-refractivity contribution in [3.8, 4) is 0 Å². The van der Waals surface area contributed by atoms with Crippen LogP contribution in [-0.2, 0) is 41.5 Å². The summed E-state index contributed by atoms with van der Waals surface area (Å²) < 4.78 is 27.5. The molecule has 2 heterocycles. The monoisotopic (exact) mass is 540 g/mol. The van der Waals surface area contributed by atoms with E-state index in [0.29, 0.717) is 31.4 Å². The lowest BCUT2D eigenvalue weighted by molar-refractivity contribution is -0.141. The minimum absolute atomic E-state index is 0.0430. The highest BCUT2D eigenvalue weighted by molar-refractivity contribution is 7.88. The third-order valence-corrected chi connectivity index (χ3v) is 8.74. The van der Waals surface area contributed by atoms with Crippen LogP contribution in [0, 0.1) is 5.92 Å². The van der Waals surface area contributed by atoms with Crippen LogP contribution in [0.15, 0.2) is 60.7 Å². The highest BCUT2D eigenvalue weighted by atomic mass is 32.2. The standard InChI is InChI=1S/C27H32N4O6S/c32-24(27(35)29-17-19-8-3-1-4-9-19)22(16-21-13-14-28-25(21)33)30-26(34)23-12-7-15-31(23)38(36,37)18-20-10-5-2-6-11-20/h1-6,8-11,21-23H,7,12-18H2,(H,28,33)(H,29,35)(H,30,34)/t21-,22-,23-/m0/s1. The van der Waals surface area contributed by atoms with Gasteiger partial charge in [0, 0.05) is 25.6 Å². The Morgan fingerprint density at radius 2 is 1.63 bits per heavy atom. The first-order chi connectivity index (χ1) is 18.2. The Labute approximate surface area is 222 Å². The lowest BCUT2D eigenvalue weighted by atomic mass is 9.95. The Morgan fingerprint density at radius 3 is 2.26 bits per heavy atom. The number of nitrogens with zero attached hydrogens (tertiary/aromatic N) is 1. The van der Waals surface area contributed by atoms with E-state index >= 15 is 0 Å². The molecule has 3 atom stereocenters. The third kappa shape index (κ3) is 6.84. The van der Waals surface area contributed by atoms with E-state index in [9.17, 15) is 27.6 Å². The van der Waals surface area contributed by atoms with Crippen LogP contribution >= 0.6 is 0 Å². The highest BCUT2D eigenvalue weighted by Gasteiger charge is 2.41. The van der Waals surface area contributed by atoms with E-state index < -0.39 is 45.6 Å². The van der Waals surface area contributed by atoms with Gasteiger partial charge in [-0.1, -0.05) is 60.7 Å². The number of hydrogen-bond acceptors (Lipinski definition) is 6. The van der Waals surface area contributed by atoms with Gasteiger partial charge in [-0.3, -0.25) is 19.2 Å². The van der Waals surface area contributed by atoms with Gasteiger partial charge in [-0.25, -0.2) is 8.42 Å². The molecule has 2 saturated heterocycles. The Kier molecular flexibility index (Phi) is 8.90. The maximum absolute atomic E-state index is 13.3. The molecular formula is C27H32N4O6S. The Bertz CT molecular complexity index is 1270. The van der Waals surface area contributed by atoms with Crippen LogP contribution in [-0.4, -0.2) is 61.4 Å². The third-order valence-electron chi connectivity index (χ3n) is 6.89. The maximum atomic E-state index is 13.3. The summed E-state index contributed by atoms with van der Waals surface area (Å²) in [6.45, 7) is 0.769. The van der Waals surface area contributed by atoms with E-state index in [1.165, 1.54) is 4.31 Å². The van der Waals surface area contributed by atoms with Crippen molar-refractivity contribution >= 4 is 33.5 Å². The van der Waals surface area contributed by atoms with Gasteiger partial charge >= 0.3 is 0 Å². The van der Waals surface area contributed by atoms with Gasteiger partial charge in [0.15, 0.2) is 0 Å². The van der Waals surface area contributed by atoms with Crippen LogP contribution in [0.5, 0.6) is 0 Å². The minimum Gasteiger partial charge on any atom is -0.356 e. The molecule has 0 bridgehead atoms. The summed E-state index contributed by atoms with van der Waals surface area (Å²) in [6, 6.07) is 15.5. The number of hydrogen-bond donors (Lipinski definition) is 3. The molecule has 0 aromatic heterocycles. The van der Waals surface area contributed by atoms with Crippen LogP contribution in [0.2, 0.25) is 0 Å². The van der Waals surface area contributed by atoms with Crippen LogP contribution < -0.4 is 16.0 Å². The molecule has 0 unspecified atom stereocenters. The molecule has 202 valence electrons. The van der Waals surface area contributed by atoms with Gasteiger partial charge in [0.25, 0.3) is 5.91 Å². The Balaban J connectivity index is 1.46. The molecular weight excluding hydrogens is 508 g/mol. The van der Waals surface area contributed by atoms with Gasteiger partial charge in [-0.05, 0) is 36.8 Å². The predicted molar refractivity (Wildman–Crippen MR) is 140 cm³/mol. The summed E-state index contributed by atoms with van der Waals surface area (Å²) >= 11 is 0. The zero-order valence-electron chi connectivity index (χ0n) is 21.0. The second-order valence-corrected chi connectivity index (χ2v) is 11.5. The molecule has 0 aliphatic carbocycles. The van der Waals surface area contributed by atoms with E-state index in [1.54, 1.807) is 42.5 Å². The predicted octanol–water partition coefficient (Wildman–Crippen LogP) is 0.877. The number of Topliss-reactive ketones (excluding diaryl/α,β-unsaturated/α-hetero) is 1. The fourth-order valence-electron chi connectivity index (χ4n) is 4.88. The zero-order chi connectivity index (χ0) is 27.1. The van der Waals surface area contributed by atoms with Crippen LogP contribution in [0.4, 0.5) is 0 Å². The summed E-state index contributed by atoms with van der Waals surface area (Å²) in [7, 11) is -3.81. The normalized spacial score (nSPS) is 20.5. The molecule has 2 fully saturated rings. The van der Waals surface area contributed by atoms with E-state index in [0.717, 1.165) is 5.56 Å². The minimum atomic E-state index is -3.81. The van der Waals surface area contributed by atoms with Crippen molar-refractivity contribution < 1.29 is 27.6 Å². The molecule has 4 rings (SSSR count). The van der Waals surface area contributed by atoms with Gasteiger partial charge in [-0.15, -0.1) is 0 Å². The molecule has 0 radical (unpaired) electrons. The first-order valence-electron chi connectivity index (χ1n) is 12.7. The van der Waals surface area contributed by atoms with E-state index in [-0.39, 0.29) is 31.2 Å². The van der Waals surface area contributed by atoms with Crippen molar-refractivity contribution in [2.75, 3.05) is 13.1 Å². The Hall–Kier alpha value is -3.57. The average molecular weight is 541 g/mol. The number of rotatable bonds is 11. The number of nitrogens with one attached hydrogen (secondary N) is 3. The summed E-state index contributed by atoms with van der Waals surface area (Å²) in [5.41, 5.74) is 1.41. The van der Waals surface area contributed by atoms with Crippen molar-refractivity contribution in [3.63, 3.8) is 0 Å².